The number of H-pyrrole nitrogens is 1. The van der Waals surface area contributed by atoms with E-state index in [0.717, 1.165) is 11.1 Å². The van der Waals surface area contributed by atoms with Crippen molar-refractivity contribution >= 4 is 11.6 Å². The monoisotopic (exact) mass is 325 g/mol. The van der Waals surface area contributed by atoms with E-state index in [4.69, 9.17) is 0 Å². The Balaban J connectivity index is 1.80. The third kappa shape index (κ3) is 3.81. The van der Waals surface area contributed by atoms with E-state index in [1.165, 1.54) is 24.3 Å². The first kappa shape index (κ1) is 15.8. The zero-order valence-electron chi connectivity index (χ0n) is 13.0. The predicted molar refractivity (Wildman–Crippen MR) is 86.8 cm³/mol. The van der Waals surface area contributed by atoms with Gasteiger partial charge in [0.25, 0.3) is 0 Å². The van der Waals surface area contributed by atoms with Gasteiger partial charge in [0.1, 0.15) is 11.7 Å². The highest BCUT2D eigenvalue weighted by molar-refractivity contribution is 5.95. The smallest absolute Gasteiger partial charge is 0.235 e. The average molecular weight is 325 g/mol. The molecule has 122 valence electrons. The summed E-state index contributed by atoms with van der Waals surface area (Å²) in [6.45, 7) is 2.00. The number of aryl methyl sites for hydroxylation is 1. The van der Waals surface area contributed by atoms with Crippen LogP contribution in [0.1, 0.15) is 22.9 Å². The maximum atomic E-state index is 13.0. The lowest BCUT2D eigenvalue weighted by Crippen LogP contribution is -2.24. The molecule has 0 saturated carbocycles. The average Bonchev–Trinajstić information content (AvgIpc) is 3.10. The van der Waals surface area contributed by atoms with Gasteiger partial charge in [0.2, 0.25) is 5.91 Å². The first-order valence-electron chi connectivity index (χ1n) is 7.47. The van der Waals surface area contributed by atoms with Gasteiger partial charge in [-0.25, -0.2) is 4.39 Å². The number of tetrazole rings is 1. The Bertz CT molecular complexity index is 800. The van der Waals surface area contributed by atoms with Crippen LogP contribution in [0.25, 0.3) is 0 Å². The van der Waals surface area contributed by atoms with Gasteiger partial charge in [-0.05, 0) is 43.2 Å². The first-order valence-corrected chi connectivity index (χ1v) is 7.47. The molecule has 0 fully saturated rings. The van der Waals surface area contributed by atoms with Crippen molar-refractivity contribution in [2.24, 2.45) is 0 Å². The van der Waals surface area contributed by atoms with Crippen molar-refractivity contribution in [1.82, 2.24) is 20.6 Å². The highest BCUT2D eigenvalue weighted by atomic mass is 19.1. The summed E-state index contributed by atoms with van der Waals surface area (Å²) in [6.07, 6.45) is 0.437. The molecular formula is C17H16FN5O. The lowest BCUT2D eigenvalue weighted by Gasteiger charge is -2.14. The fourth-order valence-corrected chi connectivity index (χ4v) is 2.34. The Morgan fingerprint density at radius 2 is 1.88 bits per heavy atom. The molecule has 2 N–H and O–H groups in total. The van der Waals surface area contributed by atoms with Crippen LogP contribution in [0.4, 0.5) is 10.1 Å². The second-order valence-electron chi connectivity index (χ2n) is 5.51. The normalized spacial score (nSPS) is 11.9. The maximum absolute atomic E-state index is 13.0. The predicted octanol–water partition coefficient (Wildman–Crippen LogP) is 2.61. The van der Waals surface area contributed by atoms with Crippen molar-refractivity contribution in [1.29, 1.82) is 0 Å². The van der Waals surface area contributed by atoms with Crippen LogP contribution in [0.3, 0.4) is 0 Å². The molecule has 2 aromatic carbocycles. The second-order valence-corrected chi connectivity index (χ2v) is 5.51. The number of anilines is 1. The van der Waals surface area contributed by atoms with Crippen molar-refractivity contribution in [3.8, 4) is 0 Å². The van der Waals surface area contributed by atoms with E-state index in [1.54, 1.807) is 0 Å². The molecule has 0 aliphatic heterocycles. The number of halogens is 1. The van der Waals surface area contributed by atoms with E-state index >= 15 is 0 Å². The molecule has 1 heterocycles. The summed E-state index contributed by atoms with van der Waals surface area (Å²) in [5, 5.41) is 16.5. The molecule has 6 nitrogen and oxygen atoms in total. The van der Waals surface area contributed by atoms with Gasteiger partial charge < -0.3 is 5.32 Å². The summed E-state index contributed by atoms with van der Waals surface area (Å²) in [7, 11) is 0. The Kier molecular flexibility index (Phi) is 4.60. The molecule has 0 aliphatic rings. The molecule has 1 atom stereocenters. The highest BCUT2D eigenvalue weighted by Crippen LogP contribution is 2.20. The Hall–Kier alpha value is -3.09. The molecule has 7 heteroatoms. The molecule has 1 aromatic heterocycles. The van der Waals surface area contributed by atoms with Crippen LogP contribution in [-0.2, 0) is 11.2 Å². The van der Waals surface area contributed by atoms with Crippen LogP contribution in [-0.4, -0.2) is 26.5 Å². The molecule has 0 spiro atoms. The van der Waals surface area contributed by atoms with Crippen molar-refractivity contribution in [2.75, 3.05) is 5.32 Å². The van der Waals surface area contributed by atoms with Crippen LogP contribution < -0.4 is 5.32 Å². The van der Waals surface area contributed by atoms with E-state index in [0.29, 0.717) is 17.9 Å². The molecule has 0 saturated heterocycles. The maximum Gasteiger partial charge on any atom is 0.235 e. The third-order valence-electron chi connectivity index (χ3n) is 3.66. The summed E-state index contributed by atoms with van der Waals surface area (Å²) in [5.74, 6) is -0.919. The number of amides is 1. The van der Waals surface area contributed by atoms with Crippen LogP contribution in [0, 0.1) is 12.7 Å². The minimum Gasteiger partial charge on any atom is -0.325 e. The molecule has 24 heavy (non-hydrogen) atoms. The van der Waals surface area contributed by atoms with Crippen LogP contribution in [0.5, 0.6) is 0 Å². The Morgan fingerprint density at radius 1 is 1.17 bits per heavy atom. The lowest BCUT2D eigenvalue weighted by atomic mass is 9.97. The second kappa shape index (κ2) is 6.99. The molecule has 1 amide bonds. The van der Waals surface area contributed by atoms with E-state index in [1.807, 2.05) is 31.2 Å². The fraction of sp³-hybridized carbons (Fsp3) is 0.176. The summed E-state index contributed by atoms with van der Waals surface area (Å²) < 4.78 is 13.0. The minimum absolute atomic E-state index is 0.274. The number of nitrogens with one attached hydrogen (secondary N) is 2. The van der Waals surface area contributed by atoms with E-state index in [2.05, 4.69) is 25.9 Å². The molecule has 0 radical (unpaired) electrons. The van der Waals surface area contributed by atoms with Crippen molar-refractivity contribution in [3.05, 3.63) is 71.3 Å². The number of carbonyl (C=O) groups excluding carboxylic acids is 1. The van der Waals surface area contributed by atoms with E-state index < -0.39 is 5.92 Å². The van der Waals surface area contributed by atoms with Gasteiger partial charge >= 0.3 is 0 Å². The summed E-state index contributed by atoms with van der Waals surface area (Å²) >= 11 is 0. The fourth-order valence-electron chi connectivity index (χ4n) is 2.34. The summed E-state index contributed by atoms with van der Waals surface area (Å²) in [5.41, 5.74) is 2.65. The molecule has 3 aromatic rings. The van der Waals surface area contributed by atoms with Crippen molar-refractivity contribution in [3.63, 3.8) is 0 Å². The third-order valence-corrected chi connectivity index (χ3v) is 3.66. The SMILES string of the molecule is Cc1ccc(C[C@H](C(=O)Nc2ccc(F)cc2)c2nn[nH]n2)cc1. The Labute approximate surface area is 138 Å². The first-order chi connectivity index (χ1) is 11.6. The van der Waals surface area contributed by atoms with Crippen LogP contribution in [0.15, 0.2) is 48.5 Å². The van der Waals surface area contributed by atoms with Gasteiger partial charge in [-0.1, -0.05) is 35.0 Å². The van der Waals surface area contributed by atoms with Gasteiger partial charge in [0, 0.05) is 5.69 Å². The lowest BCUT2D eigenvalue weighted by molar-refractivity contribution is -0.117. The number of aromatic amines is 1. The summed E-state index contributed by atoms with van der Waals surface area (Å²) in [6, 6.07) is 13.5. The summed E-state index contributed by atoms with van der Waals surface area (Å²) in [4.78, 5) is 12.6. The number of nitrogens with zero attached hydrogens (tertiary/aromatic N) is 3. The molecule has 0 aliphatic carbocycles. The largest absolute Gasteiger partial charge is 0.325 e. The topological polar surface area (TPSA) is 83.6 Å². The number of rotatable bonds is 5. The molecular weight excluding hydrogens is 309 g/mol. The van der Waals surface area contributed by atoms with E-state index in [-0.39, 0.29) is 11.7 Å². The number of carbonyl (C=O) groups is 1. The van der Waals surface area contributed by atoms with Crippen LogP contribution in [0.2, 0.25) is 0 Å². The standard InChI is InChI=1S/C17H16FN5O/c1-11-2-4-12(5-3-11)10-15(16-20-22-23-21-16)17(24)19-14-8-6-13(18)7-9-14/h2-9,15H,10H2,1H3,(H,19,24)(H,20,21,22,23)/t15-/m0/s1. The molecule has 0 unspecified atom stereocenters. The Morgan fingerprint density at radius 3 is 2.50 bits per heavy atom. The van der Waals surface area contributed by atoms with E-state index in [9.17, 15) is 9.18 Å². The zero-order valence-corrected chi connectivity index (χ0v) is 13.0. The minimum atomic E-state index is -0.600. The van der Waals surface area contributed by atoms with Crippen LogP contribution >= 0.6 is 0 Å². The molecule has 0 bridgehead atoms. The number of hydrogen-bond acceptors (Lipinski definition) is 4. The number of benzene rings is 2. The quantitative estimate of drug-likeness (QED) is 0.755. The van der Waals surface area contributed by atoms with Gasteiger partial charge in [0.05, 0.1) is 0 Å². The number of aromatic nitrogens is 4. The highest BCUT2D eigenvalue weighted by Gasteiger charge is 2.25. The number of hydrogen-bond donors (Lipinski definition) is 2. The zero-order chi connectivity index (χ0) is 16.9. The van der Waals surface area contributed by atoms with Crippen molar-refractivity contribution < 1.29 is 9.18 Å². The van der Waals surface area contributed by atoms with Gasteiger partial charge in [-0.15, -0.1) is 10.2 Å². The molecule has 3 rings (SSSR count). The van der Waals surface area contributed by atoms with Gasteiger partial charge in [-0.3, -0.25) is 4.79 Å². The van der Waals surface area contributed by atoms with Gasteiger partial charge in [0.15, 0.2) is 5.82 Å². The van der Waals surface area contributed by atoms with Gasteiger partial charge in [-0.2, -0.15) is 5.21 Å². The van der Waals surface area contributed by atoms with Crippen molar-refractivity contribution in [2.45, 2.75) is 19.3 Å².